The molecule has 3 heteroatoms. The summed E-state index contributed by atoms with van der Waals surface area (Å²) in [4.78, 5) is 2.64. The van der Waals surface area contributed by atoms with E-state index in [-0.39, 0.29) is 5.41 Å². The molecule has 2 aliphatic rings. The molecule has 1 aliphatic heterocycles. The van der Waals surface area contributed by atoms with Crippen molar-refractivity contribution in [2.45, 2.75) is 31.2 Å². The zero-order valence-electron chi connectivity index (χ0n) is 18.7. The van der Waals surface area contributed by atoms with Gasteiger partial charge in [0.15, 0.2) is 0 Å². The van der Waals surface area contributed by atoms with Gasteiger partial charge in [-0.15, -0.1) is 0 Å². The molecule has 0 saturated carbocycles. The number of piperidine rings is 1. The molecule has 0 amide bonds. The average Bonchev–Trinajstić information content (AvgIpc) is 3.09. The summed E-state index contributed by atoms with van der Waals surface area (Å²) in [6.07, 6.45) is 3.26. The molecule has 0 spiro atoms. The fraction of sp³-hybridized carbons (Fsp3) is 0.310. The minimum Gasteiger partial charge on any atom is -0.508 e. The second-order valence-electron chi connectivity index (χ2n) is 9.76. The number of rotatable bonds is 3. The van der Waals surface area contributed by atoms with Gasteiger partial charge in [-0.25, -0.2) is 0 Å². The van der Waals surface area contributed by atoms with Gasteiger partial charge >= 0.3 is 0 Å². The maximum Gasteiger partial charge on any atom is 0.115 e. The Labute approximate surface area is 189 Å². The fourth-order valence-corrected chi connectivity index (χ4v) is 6.44. The van der Waals surface area contributed by atoms with Crippen LogP contribution in [-0.4, -0.2) is 27.7 Å². The number of hydrogen-bond donors (Lipinski definition) is 1. The van der Waals surface area contributed by atoms with Crippen molar-refractivity contribution in [1.82, 2.24) is 9.47 Å². The van der Waals surface area contributed by atoms with E-state index in [0.29, 0.717) is 11.7 Å². The smallest absolute Gasteiger partial charge is 0.115 e. The fourth-order valence-electron chi connectivity index (χ4n) is 6.44. The highest BCUT2D eigenvalue weighted by Crippen LogP contribution is 2.50. The van der Waals surface area contributed by atoms with Gasteiger partial charge in [0.05, 0.1) is 0 Å². The monoisotopic (exact) mass is 422 g/mol. The number of aryl methyl sites for hydroxylation is 1. The van der Waals surface area contributed by atoms with Crippen LogP contribution in [0.4, 0.5) is 0 Å². The van der Waals surface area contributed by atoms with Gasteiger partial charge < -0.3 is 9.67 Å². The van der Waals surface area contributed by atoms with Crippen LogP contribution in [-0.2, 0) is 31.8 Å². The van der Waals surface area contributed by atoms with Crippen LogP contribution in [0.15, 0.2) is 78.9 Å². The highest BCUT2D eigenvalue weighted by atomic mass is 16.3. The SMILES string of the molecule is Cn1c2c(c3ccccc31)CC1CN(Cc3ccccc3)CCC1(c1cccc(O)c1)C2. The van der Waals surface area contributed by atoms with Crippen LogP contribution in [0.25, 0.3) is 10.9 Å². The minimum absolute atomic E-state index is 0.0705. The number of para-hydroxylation sites is 1. The van der Waals surface area contributed by atoms with E-state index >= 15 is 0 Å². The molecule has 3 aromatic carbocycles. The number of fused-ring (bicyclic) bond motifs is 4. The number of aromatic hydroxyl groups is 1. The van der Waals surface area contributed by atoms with Crippen molar-refractivity contribution >= 4 is 10.9 Å². The van der Waals surface area contributed by atoms with Gasteiger partial charge in [-0.3, -0.25) is 4.90 Å². The topological polar surface area (TPSA) is 28.4 Å². The third-order valence-electron chi connectivity index (χ3n) is 8.08. The Bertz CT molecular complexity index is 1280. The first-order valence-electron chi connectivity index (χ1n) is 11.7. The highest BCUT2D eigenvalue weighted by molar-refractivity contribution is 5.86. The predicted molar refractivity (Wildman–Crippen MR) is 130 cm³/mol. The van der Waals surface area contributed by atoms with Gasteiger partial charge in [0.2, 0.25) is 0 Å². The van der Waals surface area contributed by atoms with E-state index in [2.05, 4.69) is 77.2 Å². The molecule has 4 aromatic rings. The van der Waals surface area contributed by atoms with E-state index in [1.807, 2.05) is 12.1 Å². The summed E-state index contributed by atoms with van der Waals surface area (Å²) in [5, 5.41) is 11.7. The molecule has 2 unspecified atom stereocenters. The Morgan fingerprint density at radius 2 is 1.78 bits per heavy atom. The van der Waals surface area contributed by atoms with E-state index in [1.54, 1.807) is 6.07 Å². The van der Waals surface area contributed by atoms with Crippen molar-refractivity contribution in [2.75, 3.05) is 13.1 Å². The van der Waals surface area contributed by atoms with Gasteiger partial charge in [-0.2, -0.15) is 0 Å². The number of aromatic nitrogens is 1. The summed E-state index contributed by atoms with van der Waals surface area (Å²) < 4.78 is 2.42. The van der Waals surface area contributed by atoms with Crippen molar-refractivity contribution in [3.8, 4) is 5.75 Å². The Balaban J connectivity index is 1.43. The number of nitrogens with zero attached hydrogens (tertiary/aromatic N) is 2. The lowest BCUT2D eigenvalue weighted by Crippen LogP contribution is -2.53. The normalized spacial score (nSPS) is 23.1. The zero-order valence-corrected chi connectivity index (χ0v) is 18.7. The maximum atomic E-state index is 10.3. The predicted octanol–water partition coefficient (Wildman–Crippen LogP) is 5.44. The standard InChI is InChI=1S/C29H30N2O/c1-30-27-13-6-5-12-25(27)26-17-23-20-31(19-21-8-3-2-4-9-21)15-14-29(23,18-28(26)30)22-10-7-11-24(32)16-22/h2-13,16,23,32H,14-15,17-20H2,1H3. The largest absolute Gasteiger partial charge is 0.508 e. The summed E-state index contributed by atoms with van der Waals surface area (Å²) in [5.41, 5.74) is 7.11. The Hall–Kier alpha value is -3.04. The van der Waals surface area contributed by atoms with Gasteiger partial charge in [0, 0.05) is 42.1 Å². The highest BCUT2D eigenvalue weighted by Gasteiger charge is 2.48. The summed E-state index contributed by atoms with van der Waals surface area (Å²) in [6.45, 7) is 3.18. The average molecular weight is 423 g/mol. The first-order chi connectivity index (χ1) is 15.6. The van der Waals surface area contributed by atoms with E-state index in [0.717, 1.165) is 38.9 Å². The molecule has 0 radical (unpaired) electrons. The molecule has 6 rings (SSSR count). The molecule has 32 heavy (non-hydrogen) atoms. The first kappa shape index (κ1) is 19.6. The van der Waals surface area contributed by atoms with Gasteiger partial charge in [-0.05, 0) is 66.6 Å². The van der Waals surface area contributed by atoms with Crippen LogP contribution in [0.3, 0.4) is 0 Å². The van der Waals surface area contributed by atoms with Gasteiger partial charge in [0.1, 0.15) is 5.75 Å². The molecule has 0 bridgehead atoms. The molecule has 2 atom stereocenters. The molecule has 3 nitrogen and oxygen atoms in total. The lowest BCUT2D eigenvalue weighted by molar-refractivity contribution is 0.0758. The first-order valence-corrected chi connectivity index (χ1v) is 11.7. The van der Waals surface area contributed by atoms with Crippen molar-refractivity contribution in [2.24, 2.45) is 13.0 Å². The number of hydrogen-bond acceptors (Lipinski definition) is 2. The third-order valence-corrected chi connectivity index (χ3v) is 8.08. The number of benzene rings is 3. The molecule has 2 heterocycles. The lowest BCUT2D eigenvalue weighted by atomic mass is 9.58. The Morgan fingerprint density at radius 1 is 0.969 bits per heavy atom. The molecule has 1 N–H and O–H groups in total. The maximum absolute atomic E-state index is 10.3. The van der Waals surface area contributed by atoms with Crippen molar-refractivity contribution in [3.05, 3.63) is 101 Å². The summed E-state index contributed by atoms with van der Waals surface area (Å²) in [6, 6.07) is 27.8. The molecular formula is C29H30N2O. The second-order valence-corrected chi connectivity index (χ2v) is 9.76. The van der Waals surface area contributed by atoms with Crippen LogP contribution in [0, 0.1) is 5.92 Å². The lowest BCUT2D eigenvalue weighted by Gasteiger charge is -2.51. The Morgan fingerprint density at radius 3 is 2.62 bits per heavy atom. The molecule has 1 fully saturated rings. The van der Waals surface area contributed by atoms with Gasteiger partial charge in [-0.1, -0.05) is 60.7 Å². The van der Waals surface area contributed by atoms with Crippen LogP contribution in [0.1, 0.15) is 28.8 Å². The quantitative estimate of drug-likeness (QED) is 0.476. The van der Waals surface area contributed by atoms with Crippen molar-refractivity contribution in [1.29, 1.82) is 0 Å². The van der Waals surface area contributed by atoms with E-state index < -0.39 is 0 Å². The zero-order chi connectivity index (χ0) is 21.7. The van der Waals surface area contributed by atoms with E-state index in [9.17, 15) is 5.11 Å². The summed E-state index contributed by atoms with van der Waals surface area (Å²) in [5.74, 6) is 0.908. The minimum atomic E-state index is 0.0705. The molecule has 1 aliphatic carbocycles. The van der Waals surface area contributed by atoms with Crippen molar-refractivity contribution < 1.29 is 5.11 Å². The summed E-state index contributed by atoms with van der Waals surface area (Å²) in [7, 11) is 2.22. The van der Waals surface area contributed by atoms with Gasteiger partial charge in [0.25, 0.3) is 0 Å². The van der Waals surface area contributed by atoms with Crippen molar-refractivity contribution in [3.63, 3.8) is 0 Å². The third kappa shape index (κ3) is 3.07. The Kier molecular flexibility index (Phi) is 4.62. The van der Waals surface area contributed by atoms with E-state index in [1.165, 1.54) is 33.3 Å². The molecule has 162 valence electrons. The molecule has 1 aromatic heterocycles. The van der Waals surface area contributed by atoms with E-state index in [4.69, 9.17) is 0 Å². The number of phenols is 1. The van der Waals surface area contributed by atoms with Crippen LogP contribution in [0.2, 0.25) is 0 Å². The molecular weight excluding hydrogens is 392 g/mol. The van der Waals surface area contributed by atoms with Crippen LogP contribution in [0.5, 0.6) is 5.75 Å². The molecule has 1 saturated heterocycles. The second kappa shape index (κ2) is 7.53. The van der Waals surface area contributed by atoms with Crippen LogP contribution >= 0.6 is 0 Å². The number of phenolic OH excluding ortho intramolecular Hbond substituents is 1. The number of likely N-dealkylation sites (tertiary alicyclic amines) is 1. The van der Waals surface area contributed by atoms with Crippen LogP contribution < -0.4 is 0 Å². The summed E-state index contributed by atoms with van der Waals surface area (Å²) >= 11 is 0.